The van der Waals surface area contributed by atoms with Crippen molar-refractivity contribution in [3.8, 4) is 0 Å². The molecule has 0 saturated carbocycles. The Balaban J connectivity index is 4.40. The van der Waals surface area contributed by atoms with E-state index in [2.05, 4.69) is 81.5 Å². The fraction of sp³-hybridized carbons (Fsp3) is 0.790. The van der Waals surface area contributed by atoms with Crippen molar-refractivity contribution in [1.29, 1.82) is 0 Å². The molecule has 0 aliphatic heterocycles. The first kappa shape index (κ1) is 65.1. The average Bonchev–Trinajstić information content (AvgIpc) is 3.34. The van der Waals surface area contributed by atoms with Gasteiger partial charge >= 0.3 is 17.9 Å². The molecular weight excluding hydrogens is 841 g/mol. The Labute approximate surface area is 421 Å². The number of carbonyl (C=O) groups excluding carboxylic acids is 3. The van der Waals surface area contributed by atoms with Gasteiger partial charge in [-0.15, -0.1) is 0 Å². The van der Waals surface area contributed by atoms with E-state index in [0.29, 0.717) is 19.3 Å². The smallest absolute Gasteiger partial charge is 0.306 e. The molecule has 0 rings (SSSR count). The number of esters is 3. The van der Waals surface area contributed by atoms with E-state index >= 15 is 0 Å². The highest BCUT2D eigenvalue weighted by molar-refractivity contribution is 5.71. The predicted octanol–water partition coefficient (Wildman–Crippen LogP) is 19.6. The van der Waals surface area contributed by atoms with E-state index in [-0.39, 0.29) is 31.1 Å². The Kier molecular flexibility index (Phi) is 54.3. The van der Waals surface area contributed by atoms with Gasteiger partial charge in [-0.1, -0.05) is 229 Å². The molecule has 1 atom stereocenters. The Bertz CT molecular complexity index is 1230. The first-order valence-electron chi connectivity index (χ1n) is 29.3. The summed E-state index contributed by atoms with van der Waals surface area (Å²) in [6.07, 6.45) is 70.6. The summed E-state index contributed by atoms with van der Waals surface area (Å²) < 4.78 is 16.9. The third-order valence-corrected chi connectivity index (χ3v) is 12.7. The number of ether oxygens (including phenoxy) is 3. The molecule has 0 bridgehead atoms. The van der Waals surface area contributed by atoms with E-state index < -0.39 is 6.10 Å². The van der Waals surface area contributed by atoms with Crippen LogP contribution in [0.4, 0.5) is 0 Å². The second-order valence-corrected chi connectivity index (χ2v) is 19.5. The van der Waals surface area contributed by atoms with Crippen LogP contribution in [0.1, 0.15) is 297 Å². The summed E-state index contributed by atoms with van der Waals surface area (Å²) >= 11 is 0. The lowest BCUT2D eigenvalue weighted by Gasteiger charge is -2.18. The van der Waals surface area contributed by atoms with E-state index in [0.717, 1.165) is 96.3 Å². The molecule has 0 heterocycles. The zero-order valence-corrected chi connectivity index (χ0v) is 45.1. The van der Waals surface area contributed by atoms with Gasteiger partial charge in [0.1, 0.15) is 13.2 Å². The Morgan fingerprint density at radius 1 is 0.294 bits per heavy atom. The minimum atomic E-state index is -0.787. The van der Waals surface area contributed by atoms with Gasteiger partial charge in [0, 0.05) is 19.3 Å². The fourth-order valence-corrected chi connectivity index (χ4v) is 8.26. The first-order chi connectivity index (χ1) is 33.5. The molecule has 0 aromatic carbocycles. The summed E-state index contributed by atoms with van der Waals surface area (Å²) in [6, 6.07) is 0. The van der Waals surface area contributed by atoms with Gasteiger partial charge in [-0.3, -0.25) is 14.4 Å². The topological polar surface area (TPSA) is 78.9 Å². The van der Waals surface area contributed by atoms with Crippen molar-refractivity contribution in [2.45, 2.75) is 303 Å². The molecule has 0 saturated heterocycles. The number of unbranched alkanes of at least 4 members (excludes halogenated alkanes) is 32. The lowest BCUT2D eigenvalue weighted by molar-refractivity contribution is -0.167. The molecule has 68 heavy (non-hydrogen) atoms. The van der Waals surface area contributed by atoms with Crippen molar-refractivity contribution in [3.05, 3.63) is 60.8 Å². The molecule has 0 amide bonds. The summed E-state index contributed by atoms with van der Waals surface area (Å²) in [4.78, 5) is 38.2. The van der Waals surface area contributed by atoms with E-state index in [1.807, 2.05) is 0 Å². The van der Waals surface area contributed by atoms with E-state index in [1.54, 1.807) is 0 Å². The molecule has 0 aromatic heterocycles. The lowest BCUT2D eigenvalue weighted by atomic mass is 10.1. The van der Waals surface area contributed by atoms with Gasteiger partial charge in [0.25, 0.3) is 0 Å². The number of hydrogen-bond acceptors (Lipinski definition) is 6. The lowest BCUT2D eigenvalue weighted by Crippen LogP contribution is -2.30. The second kappa shape index (κ2) is 56.7. The van der Waals surface area contributed by atoms with Crippen molar-refractivity contribution >= 4 is 17.9 Å². The largest absolute Gasteiger partial charge is 0.462 e. The molecule has 394 valence electrons. The van der Waals surface area contributed by atoms with Gasteiger partial charge < -0.3 is 14.2 Å². The van der Waals surface area contributed by atoms with Crippen molar-refractivity contribution in [3.63, 3.8) is 0 Å². The Hall–Kier alpha value is -2.89. The third-order valence-electron chi connectivity index (χ3n) is 12.7. The van der Waals surface area contributed by atoms with Crippen LogP contribution in [0, 0.1) is 0 Å². The predicted molar refractivity (Wildman–Crippen MR) is 293 cm³/mol. The molecule has 0 fully saturated rings. The molecule has 6 heteroatoms. The van der Waals surface area contributed by atoms with E-state index in [9.17, 15) is 14.4 Å². The van der Waals surface area contributed by atoms with Crippen LogP contribution in [0.25, 0.3) is 0 Å². The molecule has 1 unspecified atom stereocenters. The minimum absolute atomic E-state index is 0.0838. The van der Waals surface area contributed by atoms with Gasteiger partial charge in [-0.05, 0) is 109 Å². The fourth-order valence-electron chi connectivity index (χ4n) is 8.26. The summed E-state index contributed by atoms with van der Waals surface area (Å²) in [6.45, 7) is 6.60. The van der Waals surface area contributed by atoms with Gasteiger partial charge in [-0.2, -0.15) is 0 Å². The van der Waals surface area contributed by atoms with Crippen molar-refractivity contribution in [1.82, 2.24) is 0 Å². The van der Waals surface area contributed by atoms with E-state index in [4.69, 9.17) is 14.2 Å². The number of hydrogen-bond donors (Lipinski definition) is 0. The van der Waals surface area contributed by atoms with Gasteiger partial charge in [0.15, 0.2) is 6.10 Å². The van der Waals surface area contributed by atoms with Crippen LogP contribution in [0.3, 0.4) is 0 Å². The number of carbonyl (C=O) groups is 3. The standard InChI is InChI=1S/C62H110O6/c1-4-7-10-13-16-19-22-25-28-30-31-32-35-37-40-43-46-49-52-55-61(64)67-58-59(57-66-60(63)54-51-48-45-42-39-36-33-27-24-21-18-15-12-9-6-3)68-62(65)56-53-50-47-44-41-38-34-29-26-23-20-17-14-11-8-5-2/h16,19-20,23,25,27-29,33-34,59H,4-15,17-18,21-22,24,26,30-32,35-58H2,1-3H3/b19-16-,23-20-,28-25-,33-27-,34-29-. The first-order valence-corrected chi connectivity index (χ1v) is 29.3. The summed E-state index contributed by atoms with van der Waals surface area (Å²) in [7, 11) is 0. The maximum absolute atomic E-state index is 12.9. The van der Waals surface area contributed by atoms with Crippen LogP contribution in [0.5, 0.6) is 0 Å². The summed E-state index contributed by atoms with van der Waals surface area (Å²) in [5, 5.41) is 0. The van der Waals surface area contributed by atoms with Crippen LogP contribution in [0.15, 0.2) is 60.8 Å². The van der Waals surface area contributed by atoms with Crippen LogP contribution >= 0.6 is 0 Å². The van der Waals surface area contributed by atoms with Gasteiger partial charge in [-0.25, -0.2) is 0 Å². The molecule has 0 radical (unpaired) electrons. The monoisotopic (exact) mass is 951 g/mol. The van der Waals surface area contributed by atoms with Crippen LogP contribution in [-0.4, -0.2) is 37.2 Å². The number of rotatable bonds is 53. The molecule has 0 aliphatic rings. The molecule has 0 aromatic rings. The molecular formula is C62H110O6. The van der Waals surface area contributed by atoms with Crippen LogP contribution < -0.4 is 0 Å². The molecule has 0 aliphatic carbocycles. The summed E-state index contributed by atoms with van der Waals surface area (Å²) in [5.41, 5.74) is 0. The summed E-state index contributed by atoms with van der Waals surface area (Å²) in [5.74, 6) is -0.899. The van der Waals surface area contributed by atoms with Crippen molar-refractivity contribution in [2.24, 2.45) is 0 Å². The van der Waals surface area contributed by atoms with Crippen molar-refractivity contribution < 1.29 is 28.6 Å². The zero-order chi connectivity index (χ0) is 49.3. The van der Waals surface area contributed by atoms with Gasteiger partial charge in [0.2, 0.25) is 0 Å². The maximum atomic E-state index is 12.9. The maximum Gasteiger partial charge on any atom is 0.306 e. The quantitative estimate of drug-likeness (QED) is 0.0262. The Morgan fingerprint density at radius 2 is 0.529 bits per heavy atom. The highest BCUT2D eigenvalue weighted by Gasteiger charge is 2.19. The molecule has 6 nitrogen and oxygen atoms in total. The highest BCUT2D eigenvalue weighted by atomic mass is 16.6. The minimum Gasteiger partial charge on any atom is -0.462 e. The van der Waals surface area contributed by atoms with Crippen LogP contribution in [0.2, 0.25) is 0 Å². The zero-order valence-electron chi connectivity index (χ0n) is 45.1. The average molecular weight is 952 g/mol. The second-order valence-electron chi connectivity index (χ2n) is 19.5. The van der Waals surface area contributed by atoms with Crippen LogP contribution in [-0.2, 0) is 28.6 Å². The third kappa shape index (κ3) is 54.1. The van der Waals surface area contributed by atoms with E-state index in [1.165, 1.54) is 161 Å². The highest BCUT2D eigenvalue weighted by Crippen LogP contribution is 2.15. The molecule has 0 N–H and O–H groups in total. The van der Waals surface area contributed by atoms with Gasteiger partial charge in [0.05, 0.1) is 0 Å². The number of allylic oxidation sites excluding steroid dienone is 10. The SMILES string of the molecule is CCCCC/C=C\C/C=C\CCCCCCCCCCCC(=O)OCC(COC(=O)CCCCCCC/C=C\CCCCCCCC)OC(=O)CCCCCCC/C=C\C/C=C\CCCCCC. The molecule has 0 spiro atoms. The Morgan fingerprint density at radius 3 is 0.868 bits per heavy atom. The van der Waals surface area contributed by atoms with Crippen molar-refractivity contribution in [2.75, 3.05) is 13.2 Å². The normalized spacial score (nSPS) is 12.5.